The molecule has 0 bridgehead atoms. The average molecular weight is 324 g/mol. The predicted octanol–water partition coefficient (Wildman–Crippen LogP) is 3.03. The van der Waals surface area contributed by atoms with Gasteiger partial charge in [-0.2, -0.15) is 0 Å². The second kappa shape index (κ2) is 6.22. The van der Waals surface area contributed by atoms with Crippen molar-refractivity contribution in [2.75, 3.05) is 0 Å². The van der Waals surface area contributed by atoms with E-state index < -0.39 is 5.91 Å². The summed E-state index contributed by atoms with van der Waals surface area (Å²) in [7, 11) is 0. The number of nitrogens with two attached hydrogens (primary N) is 1. The molecular weight excluding hydrogens is 308 g/mol. The fraction of sp³-hybridized carbons (Fsp3) is 0.111. The Morgan fingerprint density at radius 3 is 2.48 bits per heavy atom. The number of rotatable bonds is 4. The number of hydrogen-bond acceptors (Lipinski definition) is 3. The molecule has 1 amide bonds. The highest BCUT2D eigenvalue weighted by atomic mass is 32.1. The van der Waals surface area contributed by atoms with Crippen molar-refractivity contribution >= 4 is 17.2 Å². The molecule has 0 atom stereocenters. The van der Waals surface area contributed by atoms with Gasteiger partial charge in [-0.05, 0) is 30.2 Å². The molecule has 116 valence electrons. The van der Waals surface area contributed by atoms with E-state index in [4.69, 9.17) is 5.73 Å². The van der Waals surface area contributed by atoms with Gasteiger partial charge in [0.05, 0.1) is 12.2 Å². The lowest BCUT2D eigenvalue weighted by Gasteiger charge is -2.10. The summed E-state index contributed by atoms with van der Waals surface area (Å²) in [6.45, 7) is 2.49. The van der Waals surface area contributed by atoms with Gasteiger partial charge in [0.1, 0.15) is 0 Å². The maximum Gasteiger partial charge on any atom is 0.307 e. The number of primary amides is 1. The molecule has 0 aliphatic rings. The maximum atomic E-state index is 12.2. The molecule has 0 unspecified atom stereocenters. The van der Waals surface area contributed by atoms with E-state index in [2.05, 4.69) is 0 Å². The lowest BCUT2D eigenvalue weighted by molar-refractivity contribution is 0.100. The van der Waals surface area contributed by atoms with E-state index >= 15 is 0 Å². The van der Waals surface area contributed by atoms with Gasteiger partial charge in [-0.25, -0.2) is 0 Å². The summed E-state index contributed by atoms with van der Waals surface area (Å²) in [5, 5.41) is 1.89. The van der Waals surface area contributed by atoms with E-state index in [0.717, 1.165) is 22.4 Å². The van der Waals surface area contributed by atoms with Crippen molar-refractivity contribution in [3.8, 4) is 11.3 Å². The molecule has 0 aliphatic heterocycles. The van der Waals surface area contributed by atoms with Crippen LogP contribution in [0.15, 0.2) is 58.7 Å². The molecule has 1 aromatic heterocycles. The Hall–Kier alpha value is -2.66. The van der Waals surface area contributed by atoms with Crippen molar-refractivity contribution in [3.63, 3.8) is 0 Å². The first kappa shape index (κ1) is 15.2. The van der Waals surface area contributed by atoms with Gasteiger partial charge in [0, 0.05) is 16.5 Å². The van der Waals surface area contributed by atoms with E-state index in [1.54, 1.807) is 16.7 Å². The van der Waals surface area contributed by atoms with Gasteiger partial charge in [-0.3, -0.25) is 14.2 Å². The molecule has 2 N–H and O–H groups in total. The van der Waals surface area contributed by atoms with Crippen LogP contribution in [0.3, 0.4) is 0 Å². The number of carbonyl (C=O) groups excluding carboxylic acids is 1. The van der Waals surface area contributed by atoms with Crippen LogP contribution in [0.5, 0.6) is 0 Å². The largest absolute Gasteiger partial charge is 0.366 e. The Bertz CT molecular complexity index is 907. The van der Waals surface area contributed by atoms with Gasteiger partial charge >= 0.3 is 4.87 Å². The minimum Gasteiger partial charge on any atom is -0.366 e. The molecule has 0 saturated heterocycles. The van der Waals surface area contributed by atoms with Crippen LogP contribution in [-0.4, -0.2) is 10.5 Å². The van der Waals surface area contributed by atoms with Gasteiger partial charge in [0.2, 0.25) is 5.91 Å². The summed E-state index contributed by atoms with van der Waals surface area (Å²) < 4.78 is 1.76. The van der Waals surface area contributed by atoms with Crippen molar-refractivity contribution < 1.29 is 4.79 Å². The van der Waals surface area contributed by atoms with Gasteiger partial charge in [-0.1, -0.05) is 47.7 Å². The smallest absolute Gasteiger partial charge is 0.307 e. The molecule has 3 rings (SSSR count). The second-order valence-corrected chi connectivity index (χ2v) is 6.17. The summed E-state index contributed by atoms with van der Waals surface area (Å²) in [5.41, 5.74) is 9.76. The van der Waals surface area contributed by atoms with E-state index in [9.17, 15) is 9.59 Å². The molecule has 0 saturated carbocycles. The normalized spacial score (nSPS) is 10.7. The van der Waals surface area contributed by atoms with Gasteiger partial charge in [-0.15, -0.1) is 0 Å². The quantitative estimate of drug-likeness (QED) is 0.801. The van der Waals surface area contributed by atoms with E-state index in [1.807, 2.05) is 48.7 Å². The number of hydrogen-bond donors (Lipinski definition) is 1. The summed E-state index contributed by atoms with van der Waals surface area (Å²) in [6.07, 6.45) is 0. The number of aromatic nitrogens is 1. The number of thiazole rings is 1. The number of carbonyl (C=O) groups is 1. The van der Waals surface area contributed by atoms with E-state index in [0.29, 0.717) is 12.1 Å². The lowest BCUT2D eigenvalue weighted by atomic mass is 10.1. The third-order valence-corrected chi connectivity index (χ3v) is 4.55. The molecule has 2 aromatic carbocycles. The van der Waals surface area contributed by atoms with E-state index in [-0.39, 0.29) is 4.87 Å². The van der Waals surface area contributed by atoms with Crippen LogP contribution in [0.1, 0.15) is 21.5 Å². The van der Waals surface area contributed by atoms with Gasteiger partial charge in [0.15, 0.2) is 0 Å². The molecular formula is C18H16N2O2S. The second-order valence-electron chi connectivity index (χ2n) is 5.35. The van der Waals surface area contributed by atoms with E-state index in [1.165, 1.54) is 11.3 Å². The van der Waals surface area contributed by atoms with Crippen LogP contribution in [0, 0.1) is 6.92 Å². The Balaban J connectivity index is 1.98. The SMILES string of the molecule is Cc1ccccc1-c1csc(=O)n1Cc1ccc(C(N)=O)cc1. The fourth-order valence-electron chi connectivity index (χ4n) is 2.51. The molecule has 0 aliphatic carbocycles. The van der Waals surface area contributed by atoms with Crippen LogP contribution in [0.4, 0.5) is 0 Å². The maximum absolute atomic E-state index is 12.2. The standard InChI is InChI=1S/C18H16N2O2S/c1-12-4-2-3-5-15(12)16-11-23-18(22)20(16)10-13-6-8-14(9-7-13)17(19)21/h2-9,11H,10H2,1H3,(H2,19,21). The number of benzene rings is 2. The highest BCUT2D eigenvalue weighted by Gasteiger charge is 2.11. The minimum absolute atomic E-state index is 0.00207. The third kappa shape index (κ3) is 3.10. The first-order chi connectivity index (χ1) is 11.1. The van der Waals surface area contributed by atoms with Crippen molar-refractivity contribution in [2.45, 2.75) is 13.5 Å². The lowest BCUT2D eigenvalue weighted by Crippen LogP contribution is -2.16. The van der Waals surface area contributed by atoms with Crippen molar-refractivity contribution in [2.24, 2.45) is 5.73 Å². The molecule has 0 radical (unpaired) electrons. The van der Waals surface area contributed by atoms with Crippen molar-refractivity contribution in [1.29, 1.82) is 0 Å². The monoisotopic (exact) mass is 324 g/mol. The highest BCUT2D eigenvalue weighted by molar-refractivity contribution is 7.07. The zero-order chi connectivity index (χ0) is 16.4. The van der Waals surface area contributed by atoms with Crippen LogP contribution >= 0.6 is 11.3 Å². The Labute approximate surface area is 137 Å². The molecule has 1 heterocycles. The summed E-state index contributed by atoms with van der Waals surface area (Å²) in [5.74, 6) is -0.454. The van der Waals surface area contributed by atoms with Crippen LogP contribution in [0.2, 0.25) is 0 Å². The Kier molecular flexibility index (Phi) is 4.12. The van der Waals surface area contributed by atoms with Crippen LogP contribution in [0.25, 0.3) is 11.3 Å². The number of aryl methyl sites for hydroxylation is 1. The zero-order valence-electron chi connectivity index (χ0n) is 12.7. The molecule has 4 nitrogen and oxygen atoms in total. The topological polar surface area (TPSA) is 65.1 Å². The number of amides is 1. The summed E-state index contributed by atoms with van der Waals surface area (Å²) in [6, 6.07) is 15.0. The average Bonchev–Trinajstić information content (AvgIpc) is 2.89. The van der Waals surface area contributed by atoms with Gasteiger partial charge < -0.3 is 5.73 Å². The molecule has 5 heteroatoms. The summed E-state index contributed by atoms with van der Waals surface area (Å²) in [4.78, 5) is 23.3. The molecule has 3 aromatic rings. The van der Waals surface area contributed by atoms with Crippen molar-refractivity contribution in [1.82, 2.24) is 4.57 Å². The zero-order valence-corrected chi connectivity index (χ0v) is 13.5. The minimum atomic E-state index is -0.454. The molecule has 23 heavy (non-hydrogen) atoms. The molecule has 0 spiro atoms. The van der Waals surface area contributed by atoms with Gasteiger partial charge in [0.25, 0.3) is 0 Å². The molecule has 0 fully saturated rings. The summed E-state index contributed by atoms with van der Waals surface area (Å²) >= 11 is 1.20. The predicted molar refractivity (Wildman–Crippen MR) is 92.8 cm³/mol. The highest BCUT2D eigenvalue weighted by Crippen LogP contribution is 2.24. The van der Waals surface area contributed by atoms with Crippen molar-refractivity contribution in [3.05, 3.63) is 80.3 Å². The fourth-order valence-corrected chi connectivity index (χ4v) is 3.26. The number of nitrogens with zero attached hydrogens (tertiary/aromatic N) is 1. The van der Waals surface area contributed by atoms with Crippen LogP contribution < -0.4 is 10.6 Å². The Morgan fingerprint density at radius 1 is 1.13 bits per heavy atom. The van der Waals surface area contributed by atoms with Crippen LogP contribution in [-0.2, 0) is 6.54 Å². The third-order valence-electron chi connectivity index (χ3n) is 3.78. The Morgan fingerprint density at radius 2 is 1.83 bits per heavy atom. The first-order valence-corrected chi connectivity index (χ1v) is 8.07. The first-order valence-electron chi connectivity index (χ1n) is 7.19.